The summed E-state index contributed by atoms with van der Waals surface area (Å²) in [6, 6.07) is 4.73. The van der Waals surface area contributed by atoms with Crippen molar-refractivity contribution in [2.45, 2.75) is 44.1 Å². The smallest absolute Gasteiger partial charge is 0.222 e. The normalized spacial score (nSPS) is 18.5. The van der Waals surface area contributed by atoms with Gasteiger partial charge in [-0.05, 0) is 42.9 Å². The number of amides is 2. The van der Waals surface area contributed by atoms with Crippen molar-refractivity contribution in [2.24, 2.45) is 0 Å². The largest absolute Gasteiger partial charge is 0.497 e. The van der Waals surface area contributed by atoms with Crippen molar-refractivity contribution in [3.8, 4) is 5.75 Å². The van der Waals surface area contributed by atoms with Gasteiger partial charge in [-0.3, -0.25) is 14.7 Å². The third-order valence-corrected chi connectivity index (χ3v) is 5.56. The van der Waals surface area contributed by atoms with Gasteiger partial charge in [0.15, 0.2) is 0 Å². The third kappa shape index (κ3) is 5.34. The average Bonchev–Trinajstić information content (AvgIpc) is 3.36. The predicted octanol–water partition coefficient (Wildman–Crippen LogP) is 2.23. The van der Waals surface area contributed by atoms with E-state index in [1.807, 2.05) is 6.20 Å². The molecule has 1 unspecified atom stereocenters. The highest BCUT2D eigenvalue weighted by Gasteiger charge is 2.38. The number of nitrogens with one attached hydrogen (secondary N) is 2. The van der Waals surface area contributed by atoms with Crippen LogP contribution in [0, 0.1) is 5.82 Å². The van der Waals surface area contributed by atoms with Crippen LogP contribution in [0.3, 0.4) is 0 Å². The fraction of sp³-hybridized carbons (Fsp3) is 0.476. The van der Waals surface area contributed by atoms with Gasteiger partial charge in [0.2, 0.25) is 11.8 Å². The molecule has 7 nitrogen and oxygen atoms in total. The number of aromatic nitrogens is 2. The number of benzene rings is 1. The number of ether oxygens (including phenoxy) is 1. The summed E-state index contributed by atoms with van der Waals surface area (Å²) in [4.78, 5) is 26.2. The van der Waals surface area contributed by atoms with Crippen LogP contribution in [0.4, 0.5) is 4.39 Å². The first kappa shape index (κ1) is 20.8. The lowest BCUT2D eigenvalue weighted by atomic mass is 9.84. The lowest BCUT2D eigenvalue weighted by Gasteiger charge is -2.30. The minimum atomic E-state index is -0.604. The number of carbonyl (C=O) groups is 2. The highest BCUT2D eigenvalue weighted by molar-refractivity contribution is 5.80. The maximum atomic E-state index is 14.4. The summed E-state index contributed by atoms with van der Waals surface area (Å²) < 4.78 is 19.5. The number of aromatic amines is 1. The van der Waals surface area contributed by atoms with Crippen LogP contribution in [0.25, 0.3) is 0 Å². The van der Waals surface area contributed by atoms with Gasteiger partial charge in [-0.1, -0.05) is 6.07 Å². The first-order valence-electron chi connectivity index (χ1n) is 9.76. The number of H-pyrrole nitrogens is 1. The molecule has 1 saturated heterocycles. The van der Waals surface area contributed by atoms with Gasteiger partial charge >= 0.3 is 0 Å². The molecule has 1 aliphatic rings. The predicted molar refractivity (Wildman–Crippen MR) is 106 cm³/mol. The van der Waals surface area contributed by atoms with Crippen molar-refractivity contribution < 1.29 is 18.7 Å². The van der Waals surface area contributed by atoms with E-state index in [4.69, 9.17) is 4.74 Å². The quantitative estimate of drug-likeness (QED) is 0.673. The number of hydrogen-bond donors (Lipinski definition) is 2. The molecule has 0 spiro atoms. The summed E-state index contributed by atoms with van der Waals surface area (Å²) in [5, 5.41) is 9.66. The van der Waals surface area contributed by atoms with Crippen molar-refractivity contribution >= 4 is 11.8 Å². The fourth-order valence-electron chi connectivity index (χ4n) is 3.72. The molecular weight excluding hydrogens is 375 g/mol. The summed E-state index contributed by atoms with van der Waals surface area (Å²) in [6.45, 7) is 0.588. The van der Waals surface area contributed by atoms with E-state index >= 15 is 0 Å². The molecule has 2 amide bonds. The van der Waals surface area contributed by atoms with Gasteiger partial charge in [0.25, 0.3) is 0 Å². The van der Waals surface area contributed by atoms with Gasteiger partial charge in [-0.2, -0.15) is 5.10 Å². The summed E-state index contributed by atoms with van der Waals surface area (Å²) in [5.74, 6) is 0.0301. The van der Waals surface area contributed by atoms with Crippen LogP contribution in [-0.2, 0) is 22.4 Å². The van der Waals surface area contributed by atoms with Crippen molar-refractivity contribution in [1.29, 1.82) is 0 Å². The molecule has 156 valence electrons. The third-order valence-electron chi connectivity index (χ3n) is 5.56. The van der Waals surface area contributed by atoms with Gasteiger partial charge in [0, 0.05) is 44.2 Å². The lowest BCUT2D eigenvalue weighted by molar-refractivity contribution is -0.130. The molecule has 29 heavy (non-hydrogen) atoms. The van der Waals surface area contributed by atoms with Crippen LogP contribution in [0.2, 0.25) is 0 Å². The number of likely N-dealkylation sites (N-methyl/N-ethyl adjacent to an activating group) is 1. The van der Waals surface area contributed by atoms with Crippen LogP contribution >= 0.6 is 0 Å². The maximum absolute atomic E-state index is 14.4. The van der Waals surface area contributed by atoms with Crippen LogP contribution in [0.1, 0.15) is 36.8 Å². The molecule has 3 rings (SSSR count). The number of methoxy groups -OCH3 is 1. The molecule has 1 aromatic heterocycles. The van der Waals surface area contributed by atoms with Crippen molar-refractivity contribution in [2.75, 3.05) is 20.7 Å². The molecule has 1 aromatic carbocycles. The Balaban J connectivity index is 1.61. The number of halogens is 1. The molecule has 2 aromatic rings. The zero-order valence-electron chi connectivity index (χ0n) is 16.8. The summed E-state index contributed by atoms with van der Waals surface area (Å²) in [6.07, 6.45) is 6.36. The zero-order chi connectivity index (χ0) is 20.9. The Labute approximate surface area is 169 Å². The first-order valence-corrected chi connectivity index (χ1v) is 9.76. The molecule has 0 aliphatic carbocycles. The second kappa shape index (κ2) is 9.07. The van der Waals surface area contributed by atoms with E-state index in [1.165, 1.54) is 13.2 Å². The monoisotopic (exact) mass is 402 g/mol. The van der Waals surface area contributed by atoms with Gasteiger partial charge < -0.3 is 15.0 Å². The average molecular weight is 402 g/mol. The Morgan fingerprint density at radius 3 is 2.86 bits per heavy atom. The van der Waals surface area contributed by atoms with E-state index in [0.717, 1.165) is 12.0 Å². The van der Waals surface area contributed by atoms with Crippen LogP contribution in [0.5, 0.6) is 5.75 Å². The first-order chi connectivity index (χ1) is 13.9. The summed E-state index contributed by atoms with van der Waals surface area (Å²) in [5.41, 5.74) is 0.945. The summed E-state index contributed by atoms with van der Waals surface area (Å²) >= 11 is 0. The van der Waals surface area contributed by atoms with Crippen LogP contribution < -0.4 is 10.1 Å². The fourth-order valence-corrected chi connectivity index (χ4v) is 3.72. The molecule has 0 bridgehead atoms. The van der Waals surface area contributed by atoms with Crippen molar-refractivity contribution in [3.63, 3.8) is 0 Å². The standard InChI is InChI=1S/C21H27FN4O3/c1-26(10-7-15-13-23-24-14-15)20(28)6-9-21(8-5-19(27)25-21)12-16-3-4-17(29-2)11-18(16)22/h3-4,11,13-14H,5-10,12H2,1-2H3,(H,23,24)(H,25,27). The lowest BCUT2D eigenvalue weighted by Crippen LogP contribution is -2.45. The van der Waals surface area contributed by atoms with Gasteiger partial charge in [0.05, 0.1) is 13.3 Å². The Kier molecular flexibility index (Phi) is 6.51. The van der Waals surface area contributed by atoms with E-state index in [2.05, 4.69) is 15.5 Å². The van der Waals surface area contributed by atoms with E-state index in [9.17, 15) is 14.0 Å². The molecule has 8 heteroatoms. The minimum absolute atomic E-state index is 0.00391. The Morgan fingerprint density at radius 2 is 2.24 bits per heavy atom. The molecular formula is C21H27FN4O3. The Bertz CT molecular complexity index is 856. The van der Waals surface area contributed by atoms with E-state index in [1.54, 1.807) is 30.3 Å². The molecule has 1 aliphatic heterocycles. The molecule has 2 heterocycles. The van der Waals surface area contributed by atoms with Gasteiger partial charge in [-0.25, -0.2) is 4.39 Å². The summed E-state index contributed by atoms with van der Waals surface area (Å²) in [7, 11) is 3.26. The minimum Gasteiger partial charge on any atom is -0.497 e. The molecule has 0 radical (unpaired) electrons. The number of nitrogens with zero attached hydrogens (tertiary/aromatic N) is 2. The number of rotatable bonds is 9. The van der Waals surface area contributed by atoms with Crippen LogP contribution in [-0.4, -0.2) is 53.2 Å². The highest BCUT2D eigenvalue weighted by atomic mass is 19.1. The van der Waals surface area contributed by atoms with E-state index < -0.39 is 5.54 Å². The number of carbonyl (C=O) groups excluding carboxylic acids is 2. The zero-order valence-corrected chi connectivity index (χ0v) is 16.8. The topological polar surface area (TPSA) is 87.3 Å². The molecule has 1 fully saturated rings. The highest BCUT2D eigenvalue weighted by Crippen LogP contribution is 2.31. The van der Waals surface area contributed by atoms with Crippen molar-refractivity contribution in [3.05, 3.63) is 47.5 Å². The van der Waals surface area contributed by atoms with E-state index in [-0.39, 0.29) is 17.6 Å². The Hall–Kier alpha value is -2.90. The van der Waals surface area contributed by atoms with E-state index in [0.29, 0.717) is 50.0 Å². The van der Waals surface area contributed by atoms with Gasteiger partial charge in [0.1, 0.15) is 11.6 Å². The second-order valence-electron chi connectivity index (χ2n) is 7.63. The van der Waals surface area contributed by atoms with Crippen LogP contribution in [0.15, 0.2) is 30.6 Å². The number of hydrogen-bond acceptors (Lipinski definition) is 4. The SMILES string of the molecule is COc1ccc(CC2(CCC(=O)N(C)CCc3cn[nH]c3)CCC(=O)N2)c(F)c1. The molecule has 2 N–H and O–H groups in total. The van der Waals surface area contributed by atoms with Gasteiger partial charge in [-0.15, -0.1) is 0 Å². The second-order valence-corrected chi connectivity index (χ2v) is 7.63. The Morgan fingerprint density at radius 1 is 1.41 bits per heavy atom. The van der Waals surface area contributed by atoms with Crippen molar-refractivity contribution in [1.82, 2.24) is 20.4 Å². The maximum Gasteiger partial charge on any atom is 0.222 e. The molecule has 0 saturated carbocycles. The molecule has 1 atom stereocenters.